The topological polar surface area (TPSA) is 59.8 Å². The number of aromatic nitrogens is 3. The number of carbonyl (C=O) groups excluding carboxylic acids is 1. The first kappa shape index (κ1) is 18.1. The lowest BCUT2D eigenvalue weighted by atomic mass is 10.1. The number of aryl methyl sites for hydroxylation is 3. The molecule has 1 N–H and O–H groups in total. The fourth-order valence-corrected chi connectivity index (χ4v) is 3.16. The van der Waals surface area contributed by atoms with E-state index < -0.39 is 5.82 Å². The average molecular weight is 370 g/mol. The Hall–Kier alpha value is -2.67. The summed E-state index contributed by atoms with van der Waals surface area (Å²) in [5, 5.41) is 11.2. The van der Waals surface area contributed by atoms with E-state index >= 15 is 0 Å². The molecule has 0 fully saturated rings. The summed E-state index contributed by atoms with van der Waals surface area (Å²) in [6.45, 7) is 5.94. The Morgan fingerprint density at radius 1 is 1.15 bits per heavy atom. The molecule has 0 aliphatic carbocycles. The zero-order chi connectivity index (χ0) is 18.7. The smallest absolute Gasteiger partial charge is 0.234 e. The van der Waals surface area contributed by atoms with Crippen LogP contribution in [0, 0.1) is 26.6 Å². The van der Waals surface area contributed by atoms with E-state index in [1.165, 1.54) is 29.0 Å². The third-order valence-corrected chi connectivity index (χ3v) is 4.96. The fourth-order valence-electron chi connectivity index (χ4n) is 2.43. The Labute approximate surface area is 155 Å². The van der Waals surface area contributed by atoms with Gasteiger partial charge in [0.25, 0.3) is 0 Å². The van der Waals surface area contributed by atoms with Crippen LogP contribution in [0.25, 0.3) is 5.69 Å². The summed E-state index contributed by atoms with van der Waals surface area (Å²) >= 11 is 1.25. The van der Waals surface area contributed by atoms with Crippen LogP contribution in [0.15, 0.2) is 47.9 Å². The number of halogens is 1. The third kappa shape index (κ3) is 4.11. The molecule has 1 amide bonds. The maximum absolute atomic E-state index is 13.8. The molecule has 0 unspecified atom stereocenters. The van der Waals surface area contributed by atoms with Gasteiger partial charge in [-0.2, -0.15) is 0 Å². The Kier molecular flexibility index (Phi) is 5.37. The predicted molar refractivity (Wildman–Crippen MR) is 101 cm³/mol. The molecule has 0 atom stereocenters. The highest BCUT2D eigenvalue weighted by Crippen LogP contribution is 2.22. The second kappa shape index (κ2) is 7.70. The molecule has 134 valence electrons. The number of thioether (sulfide) groups is 1. The molecule has 0 bridgehead atoms. The van der Waals surface area contributed by atoms with Crippen molar-refractivity contribution in [1.29, 1.82) is 0 Å². The van der Waals surface area contributed by atoms with Crippen molar-refractivity contribution in [3.8, 4) is 5.69 Å². The lowest BCUT2D eigenvalue weighted by molar-refractivity contribution is -0.113. The van der Waals surface area contributed by atoms with Crippen LogP contribution in [0.2, 0.25) is 0 Å². The number of benzene rings is 2. The van der Waals surface area contributed by atoms with E-state index in [1.54, 1.807) is 18.5 Å². The number of rotatable bonds is 5. The predicted octanol–water partition coefficient (Wildman–Crippen LogP) is 4.06. The minimum Gasteiger partial charge on any atom is -0.323 e. The SMILES string of the molecule is Cc1ccc(F)c(NC(=O)CSc2nncn2-c2ccc(C)c(C)c2)c1. The first-order valence-electron chi connectivity index (χ1n) is 8.10. The molecule has 0 aliphatic rings. The maximum Gasteiger partial charge on any atom is 0.234 e. The lowest BCUT2D eigenvalue weighted by Crippen LogP contribution is -2.15. The van der Waals surface area contributed by atoms with Crippen molar-refractivity contribution in [2.24, 2.45) is 0 Å². The number of hydrogen-bond acceptors (Lipinski definition) is 4. The molecule has 26 heavy (non-hydrogen) atoms. The molecule has 0 radical (unpaired) electrons. The quantitative estimate of drug-likeness (QED) is 0.688. The fraction of sp³-hybridized carbons (Fsp3) is 0.211. The Morgan fingerprint density at radius 2 is 1.96 bits per heavy atom. The normalized spacial score (nSPS) is 10.8. The monoisotopic (exact) mass is 370 g/mol. The minimum atomic E-state index is -0.452. The summed E-state index contributed by atoms with van der Waals surface area (Å²) in [5.41, 5.74) is 4.37. The average Bonchev–Trinajstić information content (AvgIpc) is 3.07. The van der Waals surface area contributed by atoms with Gasteiger partial charge in [-0.3, -0.25) is 9.36 Å². The molecule has 1 heterocycles. The number of amides is 1. The molecule has 7 heteroatoms. The molecule has 3 rings (SSSR count). The van der Waals surface area contributed by atoms with Gasteiger partial charge in [-0.25, -0.2) is 4.39 Å². The Balaban J connectivity index is 1.69. The van der Waals surface area contributed by atoms with Crippen LogP contribution in [0.4, 0.5) is 10.1 Å². The van der Waals surface area contributed by atoms with Gasteiger partial charge >= 0.3 is 0 Å². The molecule has 0 saturated carbocycles. The van der Waals surface area contributed by atoms with E-state index in [1.807, 2.05) is 36.6 Å². The molecular weight excluding hydrogens is 351 g/mol. The van der Waals surface area contributed by atoms with Gasteiger partial charge in [0.05, 0.1) is 11.4 Å². The van der Waals surface area contributed by atoms with E-state index in [9.17, 15) is 9.18 Å². The first-order valence-corrected chi connectivity index (χ1v) is 9.09. The van der Waals surface area contributed by atoms with Crippen molar-refractivity contribution in [3.05, 3.63) is 65.2 Å². The summed E-state index contributed by atoms with van der Waals surface area (Å²) in [6, 6.07) is 10.7. The second-order valence-electron chi connectivity index (χ2n) is 6.07. The van der Waals surface area contributed by atoms with Crippen LogP contribution < -0.4 is 5.32 Å². The van der Waals surface area contributed by atoms with Gasteiger partial charge in [-0.1, -0.05) is 23.9 Å². The molecule has 3 aromatic rings. The van der Waals surface area contributed by atoms with Crippen molar-refractivity contribution < 1.29 is 9.18 Å². The van der Waals surface area contributed by atoms with Gasteiger partial charge in [0.1, 0.15) is 12.1 Å². The number of hydrogen-bond donors (Lipinski definition) is 1. The van der Waals surface area contributed by atoms with Crippen molar-refractivity contribution >= 4 is 23.4 Å². The zero-order valence-electron chi connectivity index (χ0n) is 14.8. The third-order valence-electron chi connectivity index (χ3n) is 4.01. The molecule has 0 aliphatic heterocycles. The van der Waals surface area contributed by atoms with Gasteiger partial charge in [0.15, 0.2) is 5.16 Å². The lowest BCUT2D eigenvalue weighted by Gasteiger charge is -2.09. The van der Waals surface area contributed by atoms with Crippen LogP contribution in [0.5, 0.6) is 0 Å². The first-order chi connectivity index (χ1) is 12.4. The van der Waals surface area contributed by atoms with Gasteiger partial charge in [0, 0.05) is 5.69 Å². The van der Waals surface area contributed by atoms with E-state index in [-0.39, 0.29) is 17.3 Å². The maximum atomic E-state index is 13.8. The highest BCUT2D eigenvalue weighted by molar-refractivity contribution is 7.99. The Morgan fingerprint density at radius 3 is 2.73 bits per heavy atom. The highest BCUT2D eigenvalue weighted by atomic mass is 32.2. The molecular formula is C19H19FN4OS. The van der Waals surface area contributed by atoms with Crippen molar-refractivity contribution in [2.75, 3.05) is 11.1 Å². The highest BCUT2D eigenvalue weighted by Gasteiger charge is 2.12. The van der Waals surface area contributed by atoms with Gasteiger partial charge in [-0.15, -0.1) is 10.2 Å². The molecule has 5 nitrogen and oxygen atoms in total. The molecule has 2 aromatic carbocycles. The summed E-state index contributed by atoms with van der Waals surface area (Å²) < 4.78 is 15.6. The zero-order valence-corrected chi connectivity index (χ0v) is 15.6. The molecule has 0 spiro atoms. The number of nitrogens with zero attached hydrogens (tertiary/aromatic N) is 3. The number of carbonyl (C=O) groups is 1. The largest absolute Gasteiger partial charge is 0.323 e. The molecule has 1 aromatic heterocycles. The van der Waals surface area contributed by atoms with Gasteiger partial charge < -0.3 is 5.32 Å². The number of nitrogens with one attached hydrogen (secondary N) is 1. The Bertz CT molecular complexity index is 954. The molecule has 0 saturated heterocycles. The summed E-state index contributed by atoms with van der Waals surface area (Å²) in [7, 11) is 0. The summed E-state index contributed by atoms with van der Waals surface area (Å²) in [6.07, 6.45) is 1.62. The van der Waals surface area contributed by atoms with Crippen molar-refractivity contribution in [2.45, 2.75) is 25.9 Å². The summed E-state index contributed by atoms with van der Waals surface area (Å²) in [5.74, 6) is -0.641. The summed E-state index contributed by atoms with van der Waals surface area (Å²) in [4.78, 5) is 12.2. The standard InChI is InChI=1S/C19H19FN4OS/c1-12-4-7-16(20)17(8-12)22-18(25)10-26-19-23-21-11-24(19)15-6-5-13(2)14(3)9-15/h4-9,11H,10H2,1-3H3,(H,22,25). The second-order valence-corrected chi connectivity index (χ2v) is 7.01. The van der Waals surface area contributed by atoms with Crippen LogP contribution in [-0.2, 0) is 4.79 Å². The van der Waals surface area contributed by atoms with E-state index in [2.05, 4.69) is 22.4 Å². The van der Waals surface area contributed by atoms with Gasteiger partial charge in [-0.05, 0) is 61.7 Å². The minimum absolute atomic E-state index is 0.108. The van der Waals surface area contributed by atoms with Crippen LogP contribution in [-0.4, -0.2) is 26.4 Å². The van der Waals surface area contributed by atoms with E-state index in [0.717, 1.165) is 11.3 Å². The van der Waals surface area contributed by atoms with Crippen LogP contribution in [0.3, 0.4) is 0 Å². The number of anilines is 1. The van der Waals surface area contributed by atoms with E-state index in [0.29, 0.717) is 5.16 Å². The van der Waals surface area contributed by atoms with Crippen molar-refractivity contribution in [3.63, 3.8) is 0 Å². The van der Waals surface area contributed by atoms with Gasteiger partial charge in [0.2, 0.25) is 5.91 Å². The van der Waals surface area contributed by atoms with E-state index in [4.69, 9.17) is 0 Å². The van der Waals surface area contributed by atoms with Crippen molar-refractivity contribution in [1.82, 2.24) is 14.8 Å². The van der Waals surface area contributed by atoms with Crippen LogP contribution >= 0.6 is 11.8 Å². The van der Waals surface area contributed by atoms with Crippen LogP contribution in [0.1, 0.15) is 16.7 Å².